The molecule has 0 unspecified atom stereocenters. The molecule has 1 aliphatic heterocycles. The Kier molecular flexibility index (Phi) is 4.73. The molecule has 0 radical (unpaired) electrons. The summed E-state index contributed by atoms with van der Waals surface area (Å²) in [6.45, 7) is 4.27. The highest BCUT2D eigenvalue weighted by atomic mass is 16.6. The number of carbonyl (C=O) groups is 1. The Bertz CT molecular complexity index is 477. The second-order valence-electron chi connectivity index (χ2n) is 4.80. The average Bonchev–Trinajstić information content (AvgIpc) is 2.88. The van der Waals surface area contributed by atoms with Crippen molar-refractivity contribution in [1.29, 1.82) is 0 Å². The predicted octanol–water partition coefficient (Wildman–Crippen LogP) is 1.96. The van der Waals surface area contributed by atoms with E-state index in [9.17, 15) is 14.9 Å². The molecule has 20 heavy (non-hydrogen) atoms. The van der Waals surface area contributed by atoms with Crippen molar-refractivity contribution in [2.75, 3.05) is 19.7 Å². The number of ether oxygens (including phenoxy) is 1. The second kappa shape index (κ2) is 6.51. The average molecular weight is 282 g/mol. The fourth-order valence-corrected chi connectivity index (χ4v) is 2.36. The van der Waals surface area contributed by atoms with Crippen molar-refractivity contribution in [2.24, 2.45) is 5.92 Å². The molecule has 1 saturated heterocycles. The van der Waals surface area contributed by atoms with Crippen LogP contribution in [-0.2, 0) is 16.1 Å². The first-order valence-electron chi connectivity index (χ1n) is 6.72. The Morgan fingerprint density at radius 2 is 2.20 bits per heavy atom. The molecule has 0 aromatic carbocycles. The van der Waals surface area contributed by atoms with E-state index in [-0.39, 0.29) is 17.8 Å². The van der Waals surface area contributed by atoms with Gasteiger partial charge in [-0.1, -0.05) is 0 Å². The zero-order valence-corrected chi connectivity index (χ0v) is 11.4. The number of hydrogen-bond acceptors (Lipinski definition) is 6. The maximum Gasteiger partial charge on any atom is 0.433 e. The SMILES string of the molecule is CCOC(=O)C1CCN(Cc2ccc([N+](=O)[O-])o2)CC1. The van der Waals surface area contributed by atoms with E-state index in [1.54, 1.807) is 13.0 Å². The molecule has 0 amide bonds. The van der Waals surface area contributed by atoms with E-state index in [4.69, 9.17) is 9.15 Å². The van der Waals surface area contributed by atoms with Crippen LogP contribution in [0.25, 0.3) is 0 Å². The minimum absolute atomic E-state index is 0.0304. The summed E-state index contributed by atoms with van der Waals surface area (Å²) in [6, 6.07) is 2.98. The van der Waals surface area contributed by atoms with Gasteiger partial charge < -0.3 is 9.15 Å². The zero-order valence-electron chi connectivity index (χ0n) is 11.4. The molecular formula is C13H18N2O5. The number of carbonyl (C=O) groups excluding carboxylic acids is 1. The summed E-state index contributed by atoms with van der Waals surface area (Å²) in [6.07, 6.45) is 1.50. The number of rotatable bonds is 5. The van der Waals surface area contributed by atoms with Crippen molar-refractivity contribution in [3.05, 3.63) is 28.0 Å². The lowest BCUT2D eigenvalue weighted by atomic mass is 9.97. The summed E-state index contributed by atoms with van der Waals surface area (Å²) >= 11 is 0. The lowest BCUT2D eigenvalue weighted by Crippen LogP contribution is -2.36. The lowest BCUT2D eigenvalue weighted by Gasteiger charge is -2.29. The fraction of sp³-hybridized carbons (Fsp3) is 0.615. The minimum atomic E-state index is -0.545. The van der Waals surface area contributed by atoms with Crippen molar-refractivity contribution in [3.63, 3.8) is 0 Å². The van der Waals surface area contributed by atoms with E-state index < -0.39 is 4.92 Å². The van der Waals surface area contributed by atoms with Gasteiger partial charge in [0.15, 0.2) is 0 Å². The van der Waals surface area contributed by atoms with Crippen LogP contribution in [0.5, 0.6) is 0 Å². The Labute approximate surface area is 116 Å². The first-order chi connectivity index (χ1) is 9.60. The highest BCUT2D eigenvalue weighted by Gasteiger charge is 2.26. The molecular weight excluding hydrogens is 264 g/mol. The molecule has 110 valence electrons. The van der Waals surface area contributed by atoms with Crippen LogP contribution in [0.3, 0.4) is 0 Å². The Hall–Kier alpha value is -1.89. The number of likely N-dealkylation sites (tertiary alicyclic amines) is 1. The predicted molar refractivity (Wildman–Crippen MR) is 70.0 cm³/mol. The Balaban J connectivity index is 1.82. The van der Waals surface area contributed by atoms with E-state index in [0.717, 1.165) is 25.9 Å². The maximum atomic E-state index is 11.6. The first-order valence-corrected chi connectivity index (χ1v) is 6.72. The summed E-state index contributed by atoms with van der Waals surface area (Å²) in [5.41, 5.74) is 0. The summed E-state index contributed by atoms with van der Waals surface area (Å²) in [4.78, 5) is 23.7. The van der Waals surface area contributed by atoms with Gasteiger partial charge in [0.2, 0.25) is 0 Å². The third-order valence-electron chi connectivity index (χ3n) is 3.41. The number of nitrogens with zero attached hydrogens (tertiary/aromatic N) is 2. The molecule has 1 aliphatic rings. The van der Waals surface area contributed by atoms with E-state index in [1.165, 1.54) is 6.07 Å². The Morgan fingerprint density at radius 1 is 1.50 bits per heavy atom. The standard InChI is InChI=1S/C13H18N2O5/c1-2-19-13(16)10-5-7-14(8-6-10)9-11-3-4-12(20-11)15(17)18/h3-4,10H,2,5-9H2,1H3. The van der Waals surface area contributed by atoms with Crippen LogP contribution in [0.2, 0.25) is 0 Å². The molecule has 2 rings (SSSR count). The third-order valence-corrected chi connectivity index (χ3v) is 3.41. The van der Waals surface area contributed by atoms with Crippen LogP contribution in [-0.4, -0.2) is 35.5 Å². The summed E-state index contributed by atoms with van der Waals surface area (Å²) < 4.78 is 10.1. The van der Waals surface area contributed by atoms with Crippen LogP contribution in [0.1, 0.15) is 25.5 Å². The third kappa shape index (κ3) is 3.57. The zero-order chi connectivity index (χ0) is 14.5. The highest BCUT2D eigenvalue weighted by molar-refractivity contribution is 5.72. The topological polar surface area (TPSA) is 85.8 Å². The smallest absolute Gasteiger partial charge is 0.433 e. The number of hydrogen-bond donors (Lipinski definition) is 0. The monoisotopic (exact) mass is 282 g/mol. The molecule has 0 aliphatic carbocycles. The number of nitro groups is 1. The van der Waals surface area contributed by atoms with E-state index in [2.05, 4.69) is 4.90 Å². The normalized spacial score (nSPS) is 17.1. The molecule has 7 heteroatoms. The van der Waals surface area contributed by atoms with Crippen LogP contribution in [0, 0.1) is 16.0 Å². The highest BCUT2D eigenvalue weighted by Crippen LogP contribution is 2.22. The molecule has 1 aromatic heterocycles. The fourth-order valence-electron chi connectivity index (χ4n) is 2.36. The summed E-state index contributed by atoms with van der Waals surface area (Å²) in [5.74, 6) is 0.186. The van der Waals surface area contributed by atoms with E-state index >= 15 is 0 Å². The van der Waals surface area contributed by atoms with Crippen LogP contribution < -0.4 is 0 Å². The van der Waals surface area contributed by atoms with Crippen molar-refractivity contribution in [3.8, 4) is 0 Å². The molecule has 2 heterocycles. The maximum absolute atomic E-state index is 11.6. The minimum Gasteiger partial charge on any atom is -0.466 e. The van der Waals surface area contributed by atoms with Gasteiger partial charge in [-0.15, -0.1) is 0 Å². The van der Waals surface area contributed by atoms with Crippen molar-refractivity contribution in [1.82, 2.24) is 4.90 Å². The summed E-state index contributed by atoms with van der Waals surface area (Å²) in [5, 5.41) is 10.5. The van der Waals surface area contributed by atoms with E-state index in [0.29, 0.717) is 18.9 Å². The van der Waals surface area contributed by atoms with Gasteiger partial charge in [-0.05, 0) is 38.9 Å². The number of esters is 1. The quantitative estimate of drug-likeness (QED) is 0.466. The van der Waals surface area contributed by atoms with Crippen molar-refractivity contribution < 1.29 is 18.9 Å². The van der Waals surface area contributed by atoms with Crippen LogP contribution >= 0.6 is 0 Å². The van der Waals surface area contributed by atoms with Gasteiger partial charge in [-0.3, -0.25) is 19.8 Å². The molecule has 0 atom stereocenters. The van der Waals surface area contributed by atoms with Gasteiger partial charge in [0.05, 0.1) is 25.1 Å². The second-order valence-corrected chi connectivity index (χ2v) is 4.80. The van der Waals surface area contributed by atoms with Crippen LogP contribution in [0.4, 0.5) is 5.88 Å². The van der Waals surface area contributed by atoms with Gasteiger partial charge >= 0.3 is 11.9 Å². The van der Waals surface area contributed by atoms with E-state index in [1.807, 2.05) is 0 Å². The molecule has 7 nitrogen and oxygen atoms in total. The van der Waals surface area contributed by atoms with Crippen LogP contribution in [0.15, 0.2) is 16.5 Å². The van der Waals surface area contributed by atoms with Gasteiger partial charge in [-0.25, -0.2) is 0 Å². The first kappa shape index (κ1) is 14.5. The van der Waals surface area contributed by atoms with Crippen molar-refractivity contribution in [2.45, 2.75) is 26.3 Å². The summed E-state index contributed by atoms with van der Waals surface area (Å²) in [7, 11) is 0. The molecule has 1 fully saturated rings. The molecule has 0 saturated carbocycles. The Morgan fingerprint density at radius 3 is 2.75 bits per heavy atom. The van der Waals surface area contributed by atoms with Gasteiger partial charge in [0.25, 0.3) is 0 Å². The van der Waals surface area contributed by atoms with Gasteiger partial charge in [0, 0.05) is 0 Å². The number of furan rings is 1. The van der Waals surface area contributed by atoms with Gasteiger partial charge in [-0.2, -0.15) is 0 Å². The molecule has 0 bridgehead atoms. The van der Waals surface area contributed by atoms with Crippen molar-refractivity contribution >= 4 is 11.9 Å². The molecule has 0 N–H and O–H groups in total. The molecule has 0 spiro atoms. The molecule has 1 aromatic rings. The largest absolute Gasteiger partial charge is 0.466 e. The van der Waals surface area contributed by atoms with Gasteiger partial charge in [0.1, 0.15) is 10.7 Å². The number of piperidine rings is 1. The lowest BCUT2D eigenvalue weighted by molar-refractivity contribution is -0.402.